The van der Waals surface area contributed by atoms with Gasteiger partial charge >= 0.3 is 0 Å². The zero-order valence-corrected chi connectivity index (χ0v) is 35.1. The fourth-order valence-corrected chi connectivity index (χ4v) is 6.30. The number of hydrogen-bond donors (Lipinski definition) is 4. The molecule has 0 spiro atoms. The van der Waals surface area contributed by atoms with E-state index >= 15 is 0 Å². The SMILES string of the molecule is CC.CC(C)(C)C(CN1CCCCC1=O)NC=O.CCCC.CCNC(=O)C(=O)C(C)NC.CNC(C(=O)N1CCCC1C=O)C1(C)CCCCC1. The monoisotopic (exact) mass is 739 g/mol. The quantitative estimate of drug-likeness (QED) is 0.152. The first-order chi connectivity index (χ1) is 24.6. The molecule has 0 radical (unpaired) electrons. The summed E-state index contributed by atoms with van der Waals surface area (Å²) in [5, 5.41) is 11.2. The van der Waals surface area contributed by atoms with Crippen LogP contribution >= 0.6 is 0 Å². The van der Waals surface area contributed by atoms with Crippen molar-refractivity contribution in [1.82, 2.24) is 31.1 Å². The lowest BCUT2D eigenvalue weighted by Crippen LogP contribution is -2.55. The second-order valence-electron chi connectivity index (χ2n) is 15.0. The molecule has 4 N–H and O–H groups in total. The molecule has 0 aromatic carbocycles. The minimum absolute atomic E-state index is 0.0204. The van der Waals surface area contributed by atoms with Crippen LogP contribution in [0.1, 0.15) is 146 Å². The van der Waals surface area contributed by atoms with Crippen LogP contribution in [-0.2, 0) is 28.8 Å². The Kier molecular flexibility index (Phi) is 28.2. The van der Waals surface area contributed by atoms with E-state index in [1.165, 1.54) is 32.1 Å². The molecule has 52 heavy (non-hydrogen) atoms. The van der Waals surface area contributed by atoms with Gasteiger partial charge in [-0.2, -0.15) is 0 Å². The molecule has 0 aromatic rings. The number of ketones is 1. The topological polar surface area (TPSA) is 157 Å². The normalized spacial score (nSPS) is 19.5. The number of piperidine rings is 1. The van der Waals surface area contributed by atoms with Gasteiger partial charge in [-0.25, -0.2) is 0 Å². The maximum absolute atomic E-state index is 12.8. The van der Waals surface area contributed by atoms with Gasteiger partial charge in [0.1, 0.15) is 6.29 Å². The van der Waals surface area contributed by atoms with Gasteiger partial charge < -0.3 is 35.9 Å². The first-order valence-electron chi connectivity index (χ1n) is 20.0. The molecule has 4 atom stereocenters. The average molecular weight is 739 g/mol. The maximum Gasteiger partial charge on any atom is 0.289 e. The molecule has 2 saturated heterocycles. The fraction of sp³-hybridized carbons (Fsp3) is 0.850. The van der Waals surface area contributed by atoms with Gasteiger partial charge in [0, 0.05) is 32.6 Å². The highest BCUT2D eigenvalue weighted by Gasteiger charge is 2.43. The molecule has 0 aromatic heterocycles. The van der Waals surface area contributed by atoms with Crippen molar-refractivity contribution in [2.45, 2.75) is 170 Å². The molecular formula is C40H78N6O6. The Morgan fingerprint density at radius 3 is 1.94 bits per heavy atom. The summed E-state index contributed by atoms with van der Waals surface area (Å²) in [5.74, 6) is -0.599. The van der Waals surface area contributed by atoms with Crippen LogP contribution in [0.2, 0.25) is 0 Å². The van der Waals surface area contributed by atoms with E-state index < -0.39 is 17.7 Å². The molecule has 3 rings (SSSR count). The van der Waals surface area contributed by atoms with Crippen LogP contribution in [0.3, 0.4) is 0 Å². The third-order valence-electron chi connectivity index (χ3n) is 9.99. The Hall–Kier alpha value is -2.86. The molecule has 4 unspecified atom stereocenters. The van der Waals surface area contributed by atoms with Gasteiger partial charge in [-0.3, -0.25) is 24.0 Å². The van der Waals surface area contributed by atoms with Crippen molar-refractivity contribution >= 4 is 36.2 Å². The molecule has 1 aliphatic carbocycles. The Labute approximate surface area is 317 Å². The molecule has 4 amide bonds. The Bertz CT molecular complexity index is 1020. The third kappa shape index (κ3) is 18.8. The predicted molar refractivity (Wildman–Crippen MR) is 212 cm³/mol. The van der Waals surface area contributed by atoms with Gasteiger partial charge in [0.2, 0.25) is 24.0 Å². The molecule has 0 bridgehead atoms. The largest absolute Gasteiger partial charge is 0.354 e. The summed E-state index contributed by atoms with van der Waals surface area (Å²) < 4.78 is 0. The van der Waals surface area contributed by atoms with Gasteiger partial charge in [-0.05, 0) is 77.3 Å². The van der Waals surface area contributed by atoms with E-state index in [0.717, 1.165) is 64.3 Å². The zero-order valence-electron chi connectivity index (χ0n) is 35.1. The Morgan fingerprint density at radius 2 is 1.50 bits per heavy atom. The highest BCUT2D eigenvalue weighted by atomic mass is 16.2. The lowest BCUT2D eigenvalue weighted by Gasteiger charge is -2.41. The first-order valence-corrected chi connectivity index (χ1v) is 20.0. The zero-order chi connectivity index (χ0) is 40.3. The van der Waals surface area contributed by atoms with E-state index in [-0.39, 0.29) is 40.8 Å². The Morgan fingerprint density at radius 1 is 0.904 bits per heavy atom. The number of carbonyl (C=O) groups is 6. The van der Waals surface area contributed by atoms with Crippen LogP contribution in [0.5, 0.6) is 0 Å². The fourth-order valence-electron chi connectivity index (χ4n) is 6.30. The van der Waals surface area contributed by atoms with Crippen LogP contribution in [0, 0.1) is 10.8 Å². The van der Waals surface area contributed by atoms with Gasteiger partial charge in [0.15, 0.2) is 0 Å². The second-order valence-corrected chi connectivity index (χ2v) is 15.0. The standard InChI is InChI=1S/C15H26N2O2.C12H22N2O2.C7H14N2O2.C4H10.C2H6/c1-15(8-4-3-5-9-15)13(16-2)14(19)17-10-6-7-12(17)11-18;1-12(2,3)10(13-9-15)8-14-7-5-4-6-11(14)16;1-4-9-7(11)6(10)5(2)8-3;1-3-4-2;1-2/h11-13,16H,3-10H2,1-2H3;9-10H,4-8H2,1-3H3,(H,13,15);5,8H,4H2,1-3H3,(H,9,11);3-4H2,1-2H3;1-2H3. The summed E-state index contributed by atoms with van der Waals surface area (Å²) in [4.78, 5) is 71.6. The van der Waals surface area contributed by atoms with Gasteiger partial charge in [-0.15, -0.1) is 0 Å². The average Bonchev–Trinajstić information content (AvgIpc) is 3.62. The lowest BCUT2D eigenvalue weighted by atomic mass is 9.70. The van der Waals surface area contributed by atoms with Crippen molar-refractivity contribution < 1.29 is 28.8 Å². The molecule has 1 saturated carbocycles. The van der Waals surface area contributed by atoms with Gasteiger partial charge in [0.25, 0.3) is 5.91 Å². The van der Waals surface area contributed by atoms with Crippen molar-refractivity contribution in [3.8, 4) is 0 Å². The maximum atomic E-state index is 12.8. The number of hydrogen-bond acceptors (Lipinski definition) is 8. The molecule has 2 heterocycles. The number of Topliss-reactive ketones (excluding diaryl/α,β-unsaturated/α-hetero) is 1. The number of amides is 4. The van der Waals surface area contributed by atoms with E-state index in [1.54, 1.807) is 25.8 Å². The highest BCUT2D eigenvalue weighted by Crippen LogP contribution is 2.40. The number of nitrogens with one attached hydrogen (secondary N) is 4. The van der Waals surface area contributed by atoms with E-state index in [4.69, 9.17) is 0 Å². The van der Waals surface area contributed by atoms with Crippen molar-refractivity contribution in [3.05, 3.63) is 0 Å². The summed E-state index contributed by atoms with van der Waals surface area (Å²) in [7, 11) is 3.51. The number of nitrogens with zero attached hydrogens (tertiary/aromatic N) is 2. The van der Waals surface area contributed by atoms with E-state index in [0.29, 0.717) is 19.5 Å². The summed E-state index contributed by atoms with van der Waals surface area (Å²) in [6.45, 7) is 22.9. The molecular weight excluding hydrogens is 660 g/mol. The summed E-state index contributed by atoms with van der Waals surface area (Å²) in [5.41, 5.74) is 0.0126. The second kappa shape index (κ2) is 28.6. The first kappa shape index (κ1) is 51.2. The van der Waals surface area contributed by atoms with E-state index in [9.17, 15) is 28.8 Å². The van der Waals surface area contributed by atoms with Crippen LogP contribution in [-0.4, -0.2) is 110 Å². The number of carbonyl (C=O) groups excluding carboxylic acids is 6. The third-order valence-corrected chi connectivity index (χ3v) is 9.99. The minimum atomic E-state index is -0.519. The molecule has 12 nitrogen and oxygen atoms in total. The molecule has 2 aliphatic heterocycles. The highest BCUT2D eigenvalue weighted by molar-refractivity contribution is 6.38. The van der Waals surface area contributed by atoms with Crippen molar-refractivity contribution in [3.63, 3.8) is 0 Å². The Balaban J connectivity index is 0. The predicted octanol–water partition coefficient (Wildman–Crippen LogP) is 5.03. The summed E-state index contributed by atoms with van der Waals surface area (Å²) in [6, 6.07) is -0.725. The number of likely N-dealkylation sites (N-methyl/N-ethyl adjacent to an activating group) is 3. The van der Waals surface area contributed by atoms with E-state index in [2.05, 4.69) is 62.8 Å². The van der Waals surface area contributed by atoms with Crippen molar-refractivity contribution in [2.75, 3.05) is 40.3 Å². The van der Waals surface area contributed by atoms with Gasteiger partial charge in [0.05, 0.1) is 24.2 Å². The summed E-state index contributed by atoms with van der Waals surface area (Å²) in [6.07, 6.45) is 14.7. The molecule has 3 fully saturated rings. The molecule has 304 valence electrons. The van der Waals surface area contributed by atoms with Crippen LogP contribution in [0.4, 0.5) is 0 Å². The van der Waals surface area contributed by atoms with Crippen LogP contribution in [0.25, 0.3) is 0 Å². The van der Waals surface area contributed by atoms with Crippen LogP contribution in [0.15, 0.2) is 0 Å². The number of rotatable bonds is 13. The van der Waals surface area contributed by atoms with Gasteiger partial charge in [-0.1, -0.05) is 87.5 Å². The smallest absolute Gasteiger partial charge is 0.289 e. The number of unbranched alkanes of at least 4 members (excludes halogenated alkanes) is 1. The van der Waals surface area contributed by atoms with Crippen LogP contribution < -0.4 is 21.3 Å². The number of aldehydes is 1. The van der Waals surface area contributed by atoms with Crippen molar-refractivity contribution in [1.29, 1.82) is 0 Å². The van der Waals surface area contributed by atoms with E-state index in [1.807, 2.05) is 25.8 Å². The van der Waals surface area contributed by atoms with Crippen molar-refractivity contribution in [2.24, 2.45) is 10.8 Å². The number of likely N-dealkylation sites (tertiary alicyclic amines) is 2. The molecule has 3 aliphatic rings. The minimum Gasteiger partial charge on any atom is -0.354 e. The lowest BCUT2D eigenvalue weighted by molar-refractivity contribution is -0.140. The summed E-state index contributed by atoms with van der Waals surface area (Å²) >= 11 is 0. The molecule has 12 heteroatoms.